The van der Waals surface area contributed by atoms with Gasteiger partial charge in [0, 0.05) is 16.7 Å². The average Bonchev–Trinajstić information content (AvgIpc) is 3.00. The summed E-state index contributed by atoms with van der Waals surface area (Å²) in [5.41, 5.74) is 5.97. The van der Waals surface area contributed by atoms with Crippen LogP contribution in [0.2, 0.25) is 0 Å². The molecule has 1 atom stereocenters. The Bertz CT molecular complexity index is 325. The molecule has 2 rings (SSSR count). The SMILES string of the molecule is NC(CSc1ccccc1F)CC1CC1. The van der Waals surface area contributed by atoms with Crippen molar-refractivity contribution in [2.75, 3.05) is 5.75 Å². The lowest BCUT2D eigenvalue weighted by molar-refractivity contribution is 0.599. The van der Waals surface area contributed by atoms with Crippen LogP contribution in [0.3, 0.4) is 0 Å². The summed E-state index contributed by atoms with van der Waals surface area (Å²) in [6.07, 6.45) is 3.76. The molecule has 0 amide bonds. The third-order valence-corrected chi connectivity index (χ3v) is 3.86. The van der Waals surface area contributed by atoms with Crippen molar-refractivity contribution in [2.45, 2.75) is 30.2 Å². The maximum Gasteiger partial charge on any atom is 0.136 e. The predicted molar refractivity (Wildman–Crippen MR) is 62.4 cm³/mol. The fourth-order valence-corrected chi connectivity index (χ4v) is 2.52. The van der Waals surface area contributed by atoms with Crippen LogP contribution in [0.1, 0.15) is 19.3 Å². The normalized spacial score (nSPS) is 17.7. The number of nitrogens with two attached hydrogens (primary N) is 1. The highest BCUT2D eigenvalue weighted by Crippen LogP contribution is 2.34. The Balaban J connectivity index is 1.78. The van der Waals surface area contributed by atoms with E-state index in [1.165, 1.54) is 30.7 Å². The Kier molecular flexibility index (Phi) is 3.65. The Morgan fingerprint density at radius 2 is 2.13 bits per heavy atom. The molecule has 0 saturated heterocycles. The lowest BCUT2D eigenvalue weighted by Crippen LogP contribution is -2.23. The summed E-state index contributed by atoms with van der Waals surface area (Å²) < 4.78 is 13.3. The molecule has 0 bridgehead atoms. The van der Waals surface area contributed by atoms with E-state index in [-0.39, 0.29) is 11.9 Å². The van der Waals surface area contributed by atoms with E-state index in [1.54, 1.807) is 6.07 Å². The lowest BCUT2D eigenvalue weighted by Gasteiger charge is -2.10. The molecule has 1 aliphatic rings. The summed E-state index contributed by atoms with van der Waals surface area (Å²) in [5, 5.41) is 0. The first-order valence-electron chi connectivity index (χ1n) is 5.38. The largest absolute Gasteiger partial charge is 0.327 e. The van der Waals surface area contributed by atoms with Gasteiger partial charge in [0.25, 0.3) is 0 Å². The molecule has 2 N–H and O–H groups in total. The van der Waals surface area contributed by atoms with Crippen LogP contribution in [0.4, 0.5) is 4.39 Å². The smallest absolute Gasteiger partial charge is 0.136 e. The van der Waals surface area contributed by atoms with Gasteiger partial charge in [0.1, 0.15) is 5.82 Å². The van der Waals surface area contributed by atoms with Crippen LogP contribution in [0.15, 0.2) is 29.2 Å². The van der Waals surface area contributed by atoms with Gasteiger partial charge >= 0.3 is 0 Å². The second-order valence-corrected chi connectivity index (χ2v) is 5.24. The first-order valence-corrected chi connectivity index (χ1v) is 6.37. The summed E-state index contributed by atoms with van der Waals surface area (Å²) >= 11 is 1.52. The van der Waals surface area contributed by atoms with Crippen LogP contribution in [-0.2, 0) is 0 Å². The molecular weight excluding hydrogens is 209 g/mol. The maximum atomic E-state index is 13.3. The van der Waals surface area contributed by atoms with Crippen molar-refractivity contribution in [2.24, 2.45) is 11.7 Å². The number of hydrogen-bond acceptors (Lipinski definition) is 2. The summed E-state index contributed by atoms with van der Waals surface area (Å²) in [5.74, 6) is 1.53. The highest BCUT2D eigenvalue weighted by atomic mass is 32.2. The number of rotatable bonds is 5. The van der Waals surface area contributed by atoms with Crippen molar-refractivity contribution in [3.05, 3.63) is 30.1 Å². The molecule has 1 aromatic rings. The Morgan fingerprint density at radius 1 is 1.40 bits per heavy atom. The monoisotopic (exact) mass is 225 g/mol. The van der Waals surface area contributed by atoms with Crippen LogP contribution >= 0.6 is 11.8 Å². The van der Waals surface area contributed by atoms with Gasteiger partial charge in [-0.1, -0.05) is 25.0 Å². The number of benzene rings is 1. The van der Waals surface area contributed by atoms with Crippen LogP contribution in [-0.4, -0.2) is 11.8 Å². The molecule has 0 spiro atoms. The molecule has 1 saturated carbocycles. The molecule has 0 aromatic heterocycles. The first kappa shape index (κ1) is 11.0. The highest BCUT2D eigenvalue weighted by Gasteiger charge is 2.23. The summed E-state index contributed by atoms with van der Waals surface area (Å²) in [4.78, 5) is 0.712. The lowest BCUT2D eigenvalue weighted by atomic mass is 10.2. The molecular formula is C12H16FNS. The molecule has 1 aromatic carbocycles. The van der Waals surface area contributed by atoms with Gasteiger partial charge in [-0.2, -0.15) is 0 Å². The molecule has 1 fully saturated rings. The minimum absolute atomic E-state index is 0.138. The molecule has 0 radical (unpaired) electrons. The van der Waals surface area contributed by atoms with E-state index >= 15 is 0 Å². The quantitative estimate of drug-likeness (QED) is 0.779. The van der Waals surface area contributed by atoms with Crippen molar-refractivity contribution in [3.63, 3.8) is 0 Å². The summed E-state index contributed by atoms with van der Waals surface area (Å²) in [7, 11) is 0. The molecule has 0 heterocycles. The van der Waals surface area contributed by atoms with E-state index in [1.807, 2.05) is 12.1 Å². The maximum absolute atomic E-state index is 13.3. The molecule has 1 aliphatic carbocycles. The Labute approximate surface area is 94.2 Å². The van der Waals surface area contributed by atoms with E-state index in [0.29, 0.717) is 4.90 Å². The van der Waals surface area contributed by atoms with Crippen LogP contribution in [0, 0.1) is 11.7 Å². The molecule has 0 aliphatic heterocycles. The third kappa shape index (κ3) is 3.50. The zero-order chi connectivity index (χ0) is 10.7. The fraction of sp³-hybridized carbons (Fsp3) is 0.500. The molecule has 1 unspecified atom stereocenters. The predicted octanol–water partition coefficient (Wildman–Crippen LogP) is 3.05. The van der Waals surface area contributed by atoms with E-state index in [9.17, 15) is 4.39 Å². The van der Waals surface area contributed by atoms with Gasteiger partial charge in [-0.05, 0) is 24.5 Å². The van der Waals surface area contributed by atoms with Gasteiger partial charge < -0.3 is 5.73 Å². The standard InChI is InChI=1S/C12H16FNS/c13-11-3-1-2-4-12(11)15-8-10(14)7-9-5-6-9/h1-4,9-10H,5-8,14H2. The highest BCUT2D eigenvalue weighted by molar-refractivity contribution is 7.99. The molecule has 1 nitrogen and oxygen atoms in total. The summed E-state index contributed by atoms with van der Waals surface area (Å²) in [6.45, 7) is 0. The zero-order valence-electron chi connectivity index (χ0n) is 8.66. The van der Waals surface area contributed by atoms with Crippen molar-refractivity contribution < 1.29 is 4.39 Å². The Hall–Kier alpha value is -0.540. The number of halogens is 1. The van der Waals surface area contributed by atoms with Gasteiger partial charge in [-0.15, -0.1) is 11.8 Å². The van der Waals surface area contributed by atoms with Gasteiger partial charge in [-0.25, -0.2) is 4.39 Å². The van der Waals surface area contributed by atoms with Gasteiger partial charge in [-0.3, -0.25) is 0 Å². The third-order valence-electron chi connectivity index (χ3n) is 2.62. The first-order chi connectivity index (χ1) is 7.25. The van der Waals surface area contributed by atoms with Crippen molar-refractivity contribution in [1.29, 1.82) is 0 Å². The minimum atomic E-state index is -0.138. The van der Waals surface area contributed by atoms with Crippen molar-refractivity contribution in [1.82, 2.24) is 0 Å². The Morgan fingerprint density at radius 3 is 2.80 bits per heavy atom. The second-order valence-electron chi connectivity index (χ2n) is 4.18. The van der Waals surface area contributed by atoms with Crippen LogP contribution in [0.25, 0.3) is 0 Å². The van der Waals surface area contributed by atoms with E-state index in [0.717, 1.165) is 18.1 Å². The topological polar surface area (TPSA) is 26.0 Å². The zero-order valence-corrected chi connectivity index (χ0v) is 9.47. The van der Waals surface area contributed by atoms with Gasteiger partial charge in [0.05, 0.1) is 0 Å². The number of hydrogen-bond donors (Lipinski definition) is 1. The molecule has 3 heteroatoms. The van der Waals surface area contributed by atoms with Crippen LogP contribution in [0.5, 0.6) is 0 Å². The van der Waals surface area contributed by atoms with E-state index in [4.69, 9.17) is 5.73 Å². The summed E-state index contributed by atoms with van der Waals surface area (Å²) in [6, 6.07) is 7.09. The number of thioether (sulfide) groups is 1. The molecule has 15 heavy (non-hydrogen) atoms. The fourth-order valence-electron chi connectivity index (χ4n) is 1.61. The second kappa shape index (κ2) is 4.99. The van der Waals surface area contributed by atoms with Crippen molar-refractivity contribution in [3.8, 4) is 0 Å². The van der Waals surface area contributed by atoms with Gasteiger partial charge in [0.15, 0.2) is 0 Å². The van der Waals surface area contributed by atoms with Crippen LogP contribution < -0.4 is 5.73 Å². The molecule has 82 valence electrons. The van der Waals surface area contributed by atoms with E-state index < -0.39 is 0 Å². The average molecular weight is 225 g/mol. The van der Waals surface area contributed by atoms with E-state index in [2.05, 4.69) is 0 Å². The van der Waals surface area contributed by atoms with Crippen molar-refractivity contribution >= 4 is 11.8 Å². The van der Waals surface area contributed by atoms with Gasteiger partial charge in [0.2, 0.25) is 0 Å². The minimum Gasteiger partial charge on any atom is -0.327 e.